The largest absolute Gasteiger partial charge is 0.471 e. The summed E-state index contributed by atoms with van der Waals surface area (Å²) < 4.78 is 43.1. The van der Waals surface area contributed by atoms with Crippen LogP contribution in [-0.2, 0) is 14.3 Å². The predicted molar refractivity (Wildman–Crippen MR) is 92.9 cm³/mol. The standard InChI is InChI=1S/C17H17F3N2O4S/c1-2-10-27-13(11-6-4-3-5-7-11)12(21-15(24)17(18,19)20)14(23)22-8-9-26-16(22)25/h2-7,12-13H,1,8-10H2,(H,21,24)/t12-,13-/m1/s1. The van der Waals surface area contributed by atoms with Crippen LogP contribution in [0.3, 0.4) is 0 Å². The van der Waals surface area contributed by atoms with Gasteiger partial charge < -0.3 is 10.1 Å². The number of thioether (sulfide) groups is 1. The Morgan fingerprint density at radius 1 is 1.33 bits per heavy atom. The van der Waals surface area contributed by atoms with Gasteiger partial charge >= 0.3 is 18.2 Å². The molecule has 0 aromatic heterocycles. The fourth-order valence-electron chi connectivity index (χ4n) is 2.45. The van der Waals surface area contributed by atoms with Crippen LogP contribution in [0.15, 0.2) is 43.0 Å². The van der Waals surface area contributed by atoms with E-state index >= 15 is 0 Å². The van der Waals surface area contributed by atoms with Crippen LogP contribution >= 0.6 is 11.8 Å². The maximum Gasteiger partial charge on any atom is 0.471 e. The second-order valence-electron chi connectivity index (χ2n) is 5.51. The Balaban J connectivity index is 2.40. The van der Waals surface area contributed by atoms with Gasteiger partial charge in [0.05, 0.1) is 11.8 Å². The monoisotopic (exact) mass is 402 g/mol. The van der Waals surface area contributed by atoms with Crippen molar-refractivity contribution in [3.05, 3.63) is 48.6 Å². The van der Waals surface area contributed by atoms with E-state index in [0.29, 0.717) is 16.2 Å². The first-order valence-electron chi connectivity index (χ1n) is 7.89. The van der Waals surface area contributed by atoms with Crippen molar-refractivity contribution >= 4 is 29.7 Å². The van der Waals surface area contributed by atoms with Crippen molar-refractivity contribution in [1.82, 2.24) is 10.2 Å². The molecule has 1 fully saturated rings. The number of carbonyl (C=O) groups excluding carboxylic acids is 3. The molecule has 1 saturated heterocycles. The second kappa shape index (κ2) is 8.94. The molecule has 2 atom stereocenters. The molecule has 0 spiro atoms. The Morgan fingerprint density at radius 2 is 2.00 bits per heavy atom. The molecule has 1 heterocycles. The van der Waals surface area contributed by atoms with Crippen LogP contribution in [-0.4, -0.2) is 53.9 Å². The molecule has 1 N–H and O–H groups in total. The highest BCUT2D eigenvalue weighted by atomic mass is 32.2. The van der Waals surface area contributed by atoms with Crippen molar-refractivity contribution in [2.45, 2.75) is 17.5 Å². The van der Waals surface area contributed by atoms with Crippen molar-refractivity contribution in [1.29, 1.82) is 0 Å². The molecule has 27 heavy (non-hydrogen) atoms. The van der Waals surface area contributed by atoms with Crippen LogP contribution in [0.4, 0.5) is 18.0 Å². The average Bonchev–Trinajstić information content (AvgIpc) is 3.06. The van der Waals surface area contributed by atoms with E-state index in [1.807, 2.05) is 0 Å². The number of hydrogen-bond acceptors (Lipinski definition) is 5. The lowest BCUT2D eigenvalue weighted by Gasteiger charge is -2.29. The highest BCUT2D eigenvalue weighted by Crippen LogP contribution is 2.34. The molecule has 1 aliphatic heterocycles. The first kappa shape index (κ1) is 20.8. The van der Waals surface area contributed by atoms with Gasteiger partial charge in [0.15, 0.2) is 0 Å². The van der Waals surface area contributed by atoms with Gasteiger partial charge in [-0.25, -0.2) is 9.69 Å². The maximum absolute atomic E-state index is 12.8. The molecule has 0 aliphatic carbocycles. The van der Waals surface area contributed by atoms with Gasteiger partial charge in [-0.3, -0.25) is 9.59 Å². The number of amides is 3. The maximum atomic E-state index is 12.8. The number of ether oxygens (including phenoxy) is 1. The van der Waals surface area contributed by atoms with Crippen molar-refractivity contribution in [2.75, 3.05) is 18.9 Å². The van der Waals surface area contributed by atoms with Gasteiger partial charge in [0, 0.05) is 5.75 Å². The summed E-state index contributed by atoms with van der Waals surface area (Å²) in [5, 5.41) is 0.879. The zero-order valence-electron chi connectivity index (χ0n) is 14.1. The summed E-state index contributed by atoms with van der Waals surface area (Å²) in [6, 6.07) is 6.67. The van der Waals surface area contributed by atoms with E-state index in [2.05, 4.69) is 11.3 Å². The molecular weight excluding hydrogens is 385 g/mol. The number of rotatable bonds is 7. The molecule has 0 unspecified atom stereocenters. The quantitative estimate of drug-likeness (QED) is 0.710. The van der Waals surface area contributed by atoms with Crippen molar-refractivity contribution < 1.29 is 32.3 Å². The third kappa shape index (κ3) is 5.25. The fraction of sp³-hybridized carbons (Fsp3) is 0.353. The zero-order chi connectivity index (χ0) is 20.0. The van der Waals surface area contributed by atoms with E-state index in [9.17, 15) is 27.6 Å². The number of alkyl halides is 3. The molecule has 0 bridgehead atoms. The topological polar surface area (TPSA) is 75.7 Å². The predicted octanol–water partition coefficient (Wildman–Crippen LogP) is 2.67. The van der Waals surface area contributed by atoms with E-state index in [1.54, 1.807) is 35.6 Å². The lowest BCUT2D eigenvalue weighted by atomic mass is 10.0. The number of imide groups is 1. The Bertz CT molecular complexity index is 712. The van der Waals surface area contributed by atoms with Crippen LogP contribution in [0.25, 0.3) is 0 Å². The molecule has 3 amide bonds. The van der Waals surface area contributed by atoms with Crippen molar-refractivity contribution in [3.63, 3.8) is 0 Å². The Hall–Kier alpha value is -2.49. The Labute approximate surface area is 157 Å². The molecule has 146 valence electrons. The minimum Gasteiger partial charge on any atom is -0.447 e. The molecule has 1 aromatic carbocycles. The number of cyclic esters (lactones) is 1. The van der Waals surface area contributed by atoms with Gasteiger partial charge in [0.25, 0.3) is 5.91 Å². The first-order valence-corrected chi connectivity index (χ1v) is 8.94. The average molecular weight is 402 g/mol. The fourth-order valence-corrected chi connectivity index (χ4v) is 3.52. The third-order valence-corrected chi connectivity index (χ3v) is 4.99. The Morgan fingerprint density at radius 3 is 2.52 bits per heavy atom. The number of nitrogens with one attached hydrogen (secondary N) is 1. The smallest absolute Gasteiger partial charge is 0.447 e. The highest BCUT2D eigenvalue weighted by molar-refractivity contribution is 7.99. The van der Waals surface area contributed by atoms with Gasteiger partial charge in [-0.05, 0) is 5.56 Å². The molecule has 1 aromatic rings. The first-order chi connectivity index (χ1) is 12.8. The lowest BCUT2D eigenvalue weighted by Crippen LogP contribution is -2.54. The van der Waals surface area contributed by atoms with Gasteiger partial charge in [0.1, 0.15) is 12.6 Å². The van der Waals surface area contributed by atoms with Gasteiger partial charge in [-0.1, -0.05) is 36.4 Å². The molecular formula is C17H17F3N2O4S. The Kier molecular flexibility index (Phi) is 6.89. The summed E-state index contributed by atoms with van der Waals surface area (Å²) in [7, 11) is 0. The van der Waals surface area contributed by atoms with Crippen LogP contribution in [0, 0.1) is 0 Å². The minimum atomic E-state index is -5.17. The van der Waals surface area contributed by atoms with Crippen LogP contribution in [0.2, 0.25) is 0 Å². The highest BCUT2D eigenvalue weighted by Gasteiger charge is 2.45. The van der Waals surface area contributed by atoms with Gasteiger partial charge in [-0.2, -0.15) is 13.2 Å². The van der Waals surface area contributed by atoms with Crippen LogP contribution < -0.4 is 5.32 Å². The van der Waals surface area contributed by atoms with Gasteiger partial charge in [0.2, 0.25) is 0 Å². The number of halogens is 3. The van der Waals surface area contributed by atoms with E-state index in [0.717, 1.165) is 11.8 Å². The van der Waals surface area contributed by atoms with Gasteiger partial charge in [-0.15, -0.1) is 18.3 Å². The van der Waals surface area contributed by atoms with Crippen LogP contribution in [0.5, 0.6) is 0 Å². The summed E-state index contributed by atoms with van der Waals surface area (Å²) in [5.74, 6) is -2.90. The molecule has 2 rings (SSSR count). The number of benzene rings is 1. The lowest BCUT2D eigenvalue weighted by molar-refractivity contribution is -0.175. The van der Waals surface area contributed by atoms with E-state index in [-0.39, 0.29) is 13.2 Å². The van der Waals surface area contributed by atoms with E-state index < -0.39 is 35.4 Å². The molecule has 10 heteroatoms. The SMILES string of the molecule is C=CCS[C@H](c1ccccc1)[C@@H](NC(=O)C(F)(F)F)C(=O)N1CCOC1=O. The minimum absolute atomic E-state index is 0.0552. The van der Waals surface area contributed by atoms with E-state index in [1.165, 1.54) is 6.08 Å². The van der Waals surface area contributed by atoms with Crippen molar-refractivity contribution in [3.8, 4) is 0 Å². The van der Waals surface area contributed by atoms with Crippen LogP contribution in [0.1, 0.15) is 10.8 Å². The molecule has 0 saturated carbocycles. The summed E-state index contributed by atoms with van der Waals surface area (Å²) in [4.78, 5) is 36.7. The number of nitrogens with zero attached hydrogens (tertiary/aromatic N) is 1. The summed E-state index contributed by atoms with van der Waals surface area (Å²) in [6.45, 7) is 3.41. The summed E-state index contributed by atoms with van der Waals surface area (Å²) in [6.07, 6.45) is -4.60. The number of carbonyl (C=O) groups is 3. The zero-order valence-corrected chi connectivity index (χ0v) is 14.9. The molecule has 1 aliphatic rings. The normalized spacial score (nSPS) is 16.4. The van der Waals surface area contributed by atoms with Crippen molar-refractivity contribution in [2.24, 2.45) is 0 Å². The number of hydrogen-bond donors (Lipinski definition) is 1. The van der Waals surface area contributed by atoms with E-state index in [4.69, 9.17) is 0 Å². The third-order valence-electron chi connectivity index (χ3n) is 3.66. The molecule has 0 radical (unpaired) electrons. The second-order valence-corrected chi connectivity index (χ2v) is 6.68. The summed E-state index contributed by atoms with van der Waals surface area (Å²) in [5.41, 5.74) is 0.526. The summed E-state index contributed by atoms with van der Waals surface area (Å²) >= 11 is 1.12. The molecule has 6 nitrogen and oxygen atoms in total.